The summed E-state index contributed by atoms with van der Waals surface area (Å²) in [6.07, 6.45) is 7.56. The summed E-state index contributed by atoms with van der Waals surface area (Å²) in [4.78, 5) is 3.85. The summed E-state index contributed by atoms with van der Waals surface area (Å²) in [7, 11) is 0. The molecule has 148 valence electrons. The van der Waals surface area contributed by atoms with E-state index < -0.39 is 0 Å². The van der Waals surface area contributed by atoms with Crippen molar-refractivity contribution in [2.45, 2.75) is 59.4 Å². The van der Waals surface area contributed by atoms with Crippen LogP contribution in [0.3, 0.4) is 0 Å². The van der Waals surface area contributed by atoms with E-state index in [4.69, 9.17) is 5.26 Å². The fraction of sp³-hybridized carbons (Fsp3) is 0.458. The molecule has 3 nitrogen and oxygen atoms in total. The van der Waals surface area contributed by atoms with Crippen LogP contribution in [0.1, 0.15) is 55.5 Å². The fourth-order valence-electron chi connectivity index (χ4n) is 2.52. The number of nitrogens with zero attached hydrogens (tertiary/aromatic N) is 2. The molecule has 28 heavy (non-hydrogen) atoms. The first-order valence-corrected chi connectivity index (χ1v) is 9.83. The van der Waals surface area contributed by atoms with E-state index in [9.17, 15) is 0 Å². The Morgan fingerprint density at radius 1 is 1.32 bits per heavy atom. The topological polar surface area (TPSA) is 48.7 Å². The van der Waals surface area contributed by atoms with Crippen LogP contribution in [0.15, 0.2) is 36.4 Å². The molecule has 0 spiro atoms. The van der Waals surface area contributed by atoms with E-state index >= 15 is 0 Å². The van der Waals surface area contributed by atoms with Crippen LogP contribution in [-0.4, -0.2) is 17.6 Å². The average Bonchev–Trinajstić information content (AvgIpc) is 3.38. The quantitative estimate of drug-likeness (QED) is 0.378. The van der Waals surface area contributed by atoms with Crippen molar-refractivity contribution in [3.05, 3.63) is 71.9 Å². The van der Waals surface area contributed by atoms with Crippen molar-refractivity contribution in [1.29, 1.82) is 5.26 Å². The SMILES string of the molecule is CCCCNC1CC1C.Cc1ccc[c-]n1.[CH2-]Cc1ccc(C#N)cc1C.[U+2]. The second-order valence-corrected chi connectivity index (χ2v) is 7.04. The van der Waals surface area contributed by atoms with Gasteiger partial charge in [0.15, 0.2) is 0 Å². The van der Waals surface area contributed by atoms with Gasteiger partial charge in [-0.3, -0.25) is 0 Å². The summed E-state index contributed by atoms with van der Waals surface area (Å²) >= 11 is 0. The molecule has 2 atom stereocenters. The van der Waals surface area contributed by atoms with Gasteiger partial charge in [-0.2, -0.15) is 29.9 Å². The fourth-order valence-corrected chi connectivity index (χ4v) is 2.52. The van der Waals surface area contributed by atoms with Gasteiger partial charge in [-0.25, -0.2) is 0 Å². The first-order valence-electron chi connectivity index (χ1n) is 9.83. The second-order valence-electron chi connectivity index (χ2n) is 7.04. The Bertz CT molecular complexity index is 695. The minimum absolute atomic E-state index is 0. The molecule has 1 aliphatic rings. The van der Waals surface area contributed by atoms with Crippen molar-refractivity contribution in [1.82, 2.24) is 10.3 Å². The standard InChI is InChI=1S/C10H10N.C8H17N.C6H6N.U/c1-3-10-5-4-9(7-11)6-8(10)2;1-3-4-5-9-8-6-7(8)2;1-6-4-2-3-5-7-6;/h4-6H,1,3H2,2H3;7-9H,3-6H2,1-2H3;2-4H,1H3;/q-1;;-1;+2. The zero-order chi connectivity index (χ0) is 20.1. The number of rotatable bonds is 5. The number of pyridine rings is 1. The second kappa shape index (κ2) is 15.8. The molecular formula is C24H33N3U. The third kappa shape index (κ3) is 11.7. The van der Waals surface area contributed by atoms with E-state index in [2.05, 4.69) is 43.3 Å². The van der Waals surface area contributed by atoms with Gasteiger partial charge in [0.05, 0.1) is 11.6 Å². The minimum atomic E-state index is 0. The normalized spacial score (nSPS) is 16.3. The molecule has 0 radical (unpaired) electrons. The maximum atomic E-state index is 8.56. The predicted octanol–water partition coefficient (Wildman–Crippen LogP) is 5.22. The third-order valence-corrected chi connectivity index (χ3v) is 4.54. The molecule has 0 saturated heterocycles. The molecule has 1 heterocycles. The average molecular weight is 602 g/mol. The Hall–Kier alpha value is -1.13. The number of hydrogen-bond donors (Lipinski definition) is 1. The molecule has 1 aliphatic carbocycles. The minimum Gasteiger partial charge on any atom is -0.391 e. The van der Waals surface area contributed by atoms with Gasteiger partial charge < -0.3 is 17.2 Å². The Labute approximate surface area is 195 Å². The van der Waals surface area contributed by atoms with Gasteiger partial charge in [0.2, 0.25) is 0 Å². The molecule has 4 heteroatoms. The summed E-state index contributed by atoms with van der Waals surface area (Å²) in [6, 6.07) is 14.3. The largest absolute Gasteiger partial charge is 2.00 e. The van der Waals surface area contributed by atoms with Crippen molar-refractivity contribution in [3.8, 4) is 6.07 Å². The van der Waals surface area contributed by atoms with Gasteiger partial charge in [-0.1, -0.05) is 50.7 Å². The van der Waals surface area contributed by atoms with Gasteiger partial charge in [0, 0.05) is 6.04 Å². The van der Waals surface area contributed by atoms with Crippen LogP contribution in [0.5, 0.6) is 0 Å². The van der Waals surface area contributed by atoms with Crippen LogP contribution in [0.2, 0.25) is 0 Å². The van der Waals surface area contributed by atoms with E-state index in [0.29, 0.717) is 0 Å². The van der Waals surface area contributed by atoms with E-state index in [1.165, 1.54) is 31.4 Å². The number of hydrogen-bond acceptors (Lipinski definition) is 3. The molecule has 1 N–H and O–H groups in total. The number of nitriles is 1. The van der Waals surface area contributed by atoms with Gasteiger partial charge >= 0.3 is 31.1 Å². The van der Waals surface area contributed by atoms with Crippen LogP contribution >= 0.6 is 0 Å². The van der Waals surface area contributed by atoms with E-state index in [1.807, 2.05) is 44.2 Å². The van der Waals surface area contributed by atoms with E-state index in [-0.39, 0.29) is 31.1 Å². The molecule has 1 fully saturated rings. The molecule has 2 unspecified atom stereocenters. The van der Waals surface area contributed by atoms with Crippen molar-refractivity contribution >= 4 is 0 Å². The summed E-state index contributed by atoms with van der Waals surface area (Å²) in [5.41, 5.74) is 4.10. The van der Waals surface area contributed by atoms with Crippen molar-refractivity contribution in [2.75, 3.05) is 6.54 Å². The van der Waals surface area contributed by atoms with Crippen molar-refractivity contribution < 1.29 is 31.1 Å². The first kappa shape index (κ1) is 26.9. The molecule has 1 aromatic heterocycles. The predicted molar refractivity (Wildman–Crippen MR) is 113 cm³/mol. The molecule has 1 aromatic carbocycles. The summed E-state index contributed by atoms with van der Waals surface area (Å²) in [5, 5.41) is 12.1. The molecule has 0 aliphatic heterocycles. The maximum Gasteiger partial charge on any atom is 2.00 e. The number of aromatic nitrogens is 1. The molecule has 0 amide bonds. The number of nitrogens with one attached hydrogen (secondary N) is 1. The van der Waals surface area contributed by atoms with Crippen LogP contribution in [0.25, 0.3) is 0 Å². The van der Waals surface area contributed by atoms with E-state index in [1.54, 1.807) is 6.07 Å². The van der Waals surface area contributed by atoms with Gasteiger partial charge in [0.25, 0.3) is 0 Å². The summed E-state index contributed by atoms with van der Waals surface area (Å²) < 4.78 is 0. The van der Waals surface area contributed by atoms with Crippen molar-refractivity contribution in [2.24, 2.45) is 5.92 Å². The Morgan fingerprint density at radius 2 is 2.04 bits per heavy atom. The number of aryl methyl sites for hydroxylation is 2. The van der Waals surface area contributed by atoms with Gasteiger partial charge in [0.1, 0.15) is 0 Å². The van der Waals surface area contributed by atoms with E-state index in [0.717, 1.165) is 35.2 Å². The molecular weight excluding hydrogens is 568 g/mol. The smallest absolute Gasteiger partial charge is 0.391 e. The number of unbranched alkanes of at least 4 members (excludes halogenated alkanes) is 1. The first-order chi connectivity index (χ1) is 13.0. The van der Waals surface area contributed by atoms with Crippen LogP contribution in [0.4, 0.5) is 0 Å². The molecule has 1 saturated carbocycles. The molecule has 2 aromatic rings. The van der Waals surface area contributed by atoms with Gasteiger partial charge in [-0.15, -0.1) is 0 Å². The molecule has 0 bridgehead atoms. The Balaban J connectivity index is 0.000000393. The molecule has 3 rings (SSSR count). The third-order valence-electron chi connectivity index (χ3n) is 4.54. The Kier molecular flexibility index (Phi) is 15.1. The Morgan fingerprint density at radius 3 is 2.43 bits per heavy atom. The van der Waals surface area contributed by atoms with Crippen LogP contribution in [0, 0.1) is 75.3 Å². The number of benzene rings is 1. The maximum absolute atomic E-state index is 8.56. The monoisotopic (exact) mass is 601 g/mol. The van der Waals surface area contributed by atoms with Crippen molar-refractivity contribution in [3.63, 3.8) is 0 Å². The van der Waals surface area contributed by atoms with Crippen LogP contribution in [-0.2, 0) is 6.42 Å². The summed E-state index contributed by atoms with van der Waals surface area (Å²) in [6.45, 7) is 13.5. The zero-order valence-electron chi connectivity index (χ0n) is 17.8. The van der Waals surface area contributed by atoms with Crippen LogP contribution < -0.4 is 5.32 Å². The van der Waals surface area contributed by atoms with Gasteiger partial charge in [-0.05, 0) is 49.9 Å². The summed E-state index contributed by atoms with van der Waals surface area (Å²) in [5.74, 6) is 0.960. The zero-order valence-corrected chi connectivity index (χ0v) is 21.9.